The molecule has 3 rings (SSSR count). The van der Waals surface area contributed by atoms with Gasteiger partial charge in [-0.05, 0) is 55.2 Å². The molecular weight excluding hydrogens is 390 g/mol. The van der Waals surface area contributed by atoms with Gasteiger partial charge in [0.2, 0.25) is 0 Å². The van der Waals surface area contributed by atoms with Gasteiger partial charge < -0.3 is 21.1 Å². The van der Waals surface area contributed by atoms with Gasteiger partial charge in [-0.1, -0.05) is 24.6 Å². The second kappa shape index (κ2) is 11.0. The molecule has 0 atom stereocenters. The molecule has 0 radical (unpaired) electrons. The first-order valence-electron chi connectivity index (χ1n) is 10.1. The quantitative estimate of drug-likeness (QED) is 0.370. The zero-order valence-corrected chi connectivity index (χ0v) is 18.0. The Hall–Kier alpha value is -1.35. The van der Waals surface area contributed by atoms with Gasteiger partial charge >= 0.3 is 0 Å². The summed E-state index contributed by atoms with van der Waals surface area (Å²) in [5, 5.41) is 13.1. The van der Waals surface area contributed by atoms with Crippen LogP contribution in [0.4, 0.5) is 11.4 Å². The SMILES string of the molecule is N/C(=N\C(=S)Nc1ccc(N2CCN(CCO)CC2)cc1)SCC1CCCC1. The Morgan fingerprint density at radius 2 is 1.86 bits per heavy atom. The lowest BCUT2D eigenvalue weighted by molar-refractivity contribution is 0.189. The second-order valence-corrected chi connectivity index (χ2v) is 8.87. The molecule has 0 spiro atoms. The molecule has 1 aromatic rings. The second-order valence-electron chi connectivity index (χ2n) is 7.44. The highest BCUT2D eigenvalue weighted by Crippen LogP contribution is 2.27. The molecule has 1 saturated carbocycles. The monoisotopic (exact) mass is 421 g/mol. The van der Waals surface area contributed by atoms with Crippen LogP contribution in [0.5, 0.6) is 0 Å². The molecule has 0 unspecified atom stereocenters. The van der Waals surface area contributed by atoms with E-state index in [0.29, 0.717) is 10.3 Å². The third kappa shape index (κ3) is 6.62. The van der Waals surface area contributed by atoms with E-state index in [0.717, 1.165) is 50.1 Å². The molecular formula is C20H31N5OS2. The summed E-state index contributed by atoms with van der Waals surface area (Å²) in [6.07, 6.45) is 5.31. The minimum absolute atomic E-state index is 0.229. The minimum Gasteiger partial charge on any atom is -0.395 e. The van der Waals surface area contributed by atoms with Crippen LogP contribution in [0.2, 0.25) is 0 Å². The number of aliphatic hydroxyl groups excluding tert-OH is 1. The number of anilines is 2. The number of nitrogens with two attached hydrogens (primary N) is 1. The number of thioether (sulfide) groups is 1. The van der Waals surface area contributed by atoms with Gasteiger partial charge in [-0.15, -0.1) is 0 Å². The normalized spacial score (nSPS) is 19.2. The molecule has 1 aromatic carbocycles. The number of amidine groups is 1. The lowest BCUT2D eigenvalue weighted by Gasteiger charge is -2.35. The highest BCUT2D eigenvalue weighted by molar-refractivity contribution is 8.13. The van der Waals surface area contributed by atoms with Crippen molar-refractivity contribution in [1.82, 2.24) is 4.90 Å². The van der Waals surface area contributed by atoms with Crippen molar-refractivity contribution in [3.63, 3.8) is 0 Å². The number of β-amino-alcohol motifs (C(OH)–C–C–N with tert-alkyl or cyclic N) is 1. The maximum atomic E-state index is 9.05. The molecule has 8 heteroatoms. The van der Waals surface area contributed by atoms with Crippen molar-refractivity contribution in [3.8, 4) is 0 Å². The van der Waals surface area contributed by atoms with E-state index in [2.05, 4.69) is 32.2 Å². The molecule has 6 nitrogen and oxygen atoms in total. The molecule has 2 aliphatic rings. The first kappa shape index (κ1) is 21.4. The average Bonchev–Trinajstić information content (AvgIpc) is 3.21. The maximum Gasteiger partial charge on any atom is 0.199 e. The lowest BCUT2D eigenvalue weighted by atomic mass is 10.1. The van der Waals surface area contributed by atoms with Gasteiger partial charge in [0.15, 0.2) is 10.3 Å². The fraction of sp³-hybridized carbons (Fsp3) is 0.600. The van der Waals surface area contributed by atoms with Gasteiger partial charge in [-0.2, -0.15) is 4.99 Å². The van der Waals surface area contributed by atoms with Crippen LogP contribution < -0.4 is 16.0 Å². The molecule has 1 aliphatic carbocycles. The van der Waals surface area contributed by atoms with E-state index >= 15 is 0 Å². The maximum absolute atomic E-state index is 9.05. The highest BCUT2D eigenvalue weighted by Gasteiger charge is 2.17. The van der Waals surface area contributed by atoms with Crippen molar-refractivity contribution in [2.24, 2.45) is 16.6 Å². The fourth-order valence-electron chi connectivity index (χ4n) is 3.79. The van der Waals surface area contributed by atoms with Crippen molar-refractivity contribution in [1.29, 1.82) is 0 Å². The molecule has 0 aromatic heterocycles. The fourth-order valence-corrected chi connectivity index (χ4v) is 4.96. The van der Waals surface area contributed by atoms with Crippen LogP contribution in [0, 0.1) is 5.92 Å². The predicted molar refractivity (Wildman–Crippen MR) is 124 cm³/mol. The summed E-state index contributed by atoms with van der Waals surface area (Å²) in [7, 11) is 0. The number of aliphatic hydroxyl groups is 1. The van der Waals surface area contributed by atoms with Crippen LogP contribution in [0.3, 0.4) is 0 Å². The molecule has 1 aliphatic heterocycles. The van der Waals surface area contributed by atoms with Gasteiger partial charge in [0.25, 0.3) is 0 Å². The number of aliphatic imine (C=N–C) groups is 1. The van der Waals surface area contributed by atoms with E-state index in [4.69, 9.17) is 23.1 Å². The molecule has 154 valence electrons. The van der Waals surface area contributed by atoms with Gasteiger partial charge in [0.05, 0.1) is 6.61 Å². The third-order valence-corrected chi connectivity index (χ3v) is 6.64. The standard InChI is InChI=1S/C20H31N5OS2/c21-19(28-15-16-3-1-2-4-16)23-20(27)22-17-5-7-18(8-6-17)25-11-9-24(10-12-25)13-14-26/h5-8,16,26H,1-4,9-15H2,(H3,21,22,23,27). The number of benzene rings is 1. The van der Waals surface area contributed by atoms with Crippen molar-refractivity contribution >= 4 is 45.6 Å². The Kier molecular flexibility index (Phi) is 8.39. The summed E-state index contributed by atoms with van der Waals surface area (Å²) in [5.74, 6) is 1.82. The Morgan fingerprint density at radius 3 is 2.50 bits per heavy atom. The summed E-state index contributed by atoms with van der Waals surface area (Å²) in [4.78, 5) is 8.97. The number of nitrogens with zero attached hydrogens (tertiary/aromatic N) is 3. The Balaban J connectivity index is 1.44. The summed E-state index contributed by atoms with van der Waals surface area (Å²) in [5.41, 5.74) is 8.15. The number of thiocarbonyl (C=S) groups is 1. The smallest absolute Gasteiger partial charge is 0.199 e. The van der Waals surface area contributed by atoms with Crippen molar-refractivity contribution < 1.29 is 5.11 Å². The molecule has 2 fully saturated rings. The van der Waals surface area contributed by atoms with Crippen LogP contribution in [-0.2, 0) is 0 Å². The Morgan fingerprint density at radius 1 is 1.18 bits per heavy atom. The van der Waals surface area contributed by atoms with E-state index in [-0.39, 0.29) is 6.61 Å². The molecule has 0 bridgehead atoms. The average molecular weight is 422 g/mol. The van der Waals surface area contributed by atoms with Gasteiger partial charge in [0, 0.05) is 49.9 Å². The number of rotatable bonds is 6. The number of hydrogen-bond donors (Lipinski definition) is 3. The van der Waals surface area contributed by atoms with E-state index in [1.807, 2.05) is 12.1 Å². The first-order chi connectivity index (χ1) is 13.6. The lowest BCUT2D eigenvalue weighted by Crippen LogP contribution is -2.47. The Bertz CT molecular complexity index is 653. The third-order valence-electron chi connectivity index (χ3n) is 5.43. The largest absolute Gasteiger partial charge is 0.395 e. The van der Waals surface area contributed by atoms with E-state index in [1.165, 1.54) is 31.4 Å². The number of nitrogens with one attached hydrogen (secondary N) is 1. The van der Waals surface area contributed by atoms with Gasteiger partial charge in [-0.25, -0.2) is 0 Å². The van der Waals surface area contributed by atoms with Crippen molar-refractivity contribution in [2.45, 2.75) is 25.7 Å². The summed E-state index contributed by atoms with van der Waals surface area (Å²) < 4.78 is 0. The topological polar surface area (TPSA) is 77.1 Å². The minimum atomic E-state index is 0.229. The van der Waals surface area contributed by atoms with Crippen molar-refractivity contribution in [3.05, 3.63) is 24.3 Å². The van der Waals surface area contributed by atoms with E-state index < -0.39 is 0 Å². The molecule has 4 N–H and O–H groups in total. The summed E-state index contributed by atoms with van der Waals surface area (Å²) in [6.45, 7) is 4.91. The van der Waals surface area contributed by atoms with E-state index in [9.17, 15) is 0 Å². The molecule has 0 amide bonds. The Labute approximate surface area is 177 Å². The summed E-state index contributed by atoms with van der Waals surface area (Å²) >= 11 is 6.94. The van der Waals surface area contributed by atoms with Crippen LogP contribution in [0.1, 0.15) is 25.7 Å². The van der Waals surface area contributed by atoms with Gasteiger partial charge in [-0.3, -0.25) is 4.90 Å². The van der Waals surface area contributed by atoms with E-state index in [1.54, 1.807) is 11.8 Å². The summed E-state index contributed by atoms with van der Waals surface area (Å²) in [6, 6.07) is 8.27. The van der Waals surface area contributed by atoms with Crippen LogP contribution in [0.25, 0.3) is 0 Å². The van der Waals surface area contributed by atoms with Crippen LogP contribution >= 0.6 is 24.0 Å². The number of hydrogen-bond acceptors (Lipinski definition) is 5. The predicted octanol–water partition coefficient (Wildman–Crippen LogP) is 2.74. The number of piperazine rings is 1. The highest BCUT2D eigenvalue weighted by atomic mass is 32.2. The van der Waals surface area contributed by atoms with Crippen molar-refractivity contribution in [2.75, 3.05) is 55.3 Å². The van der Waals surface area contributed by atoms with Crippen LogP contribution in [0.15, 0.2) is 29.3 Å². The first-order valence-corrected chi connectivity index (χ1v) is 11.5. The zero-order chi connectivity index (χ0) is 19.8. The van der Waals surface area contributed by atoms with Gasteiger partial charge in [0.1, 0.15) is 0 Å². The molecule has 1 heterocycles. The van der Waals surface area contributed by atoms with Crippen LogP contribution in [-0.4, -0.2) is 65.4 Å². The molecule has 1 saturated heterocycles. The zero-order valence-electron chi connectivity index (χ0n) is 16.3. The molecule has 28 heavy (non-hydrogen) atoms.